The molecule has 0 fully saturated rings. The number of para-hydroxylation sites is 1. The van der Waals surface area contributed by atoms with E-state index in [2.05, 4.69) is 60.5 Å². The van der Waals surface area contributed by atoms with Crippen LogP contribution in [0.15, 0.2) is 78.9 Å². The van der Waals surface area contributed by atoms with E-state index >= 15 is 0 Å². The van der Waals surface area contributed by atoms with Gasteiger partial charge >= 0.3 is 8.18 Å². The van der Waals surface area contributed by atoms with Crippen molar-refractivity contribution in [3.8, 4) is 5.75 Å². The van der Waals surface area contributed by atoms with Crippen LogP contribution in [-0.2, 0) is 11.0 Å². The second kappa shape index (κ2) is 7.42. The smallest absolute Gasteiger partial charge is 0.329 e. The molecule has 0 aliphatic heterocycles. The highest BCUT2D eigenvalue weighted by atomic mass is 31.1. The molecule has 0 aromatic heterocycles. The largest absolute Gasteiger partial charge is 0.430 e. The summed E-state index contributed by atoms with van der Waals surface area (Å²) in [6.07, 6.45) is 1.98. The van der Waals surface area contributed by atoms with Crippen molar-refractivity contribution in [2.45, 2.75) is 19.8 Å². The van der Waals surface area contributed by atoms with Crippen LogP contribution in [0.3, 0.4) is 0 Å². The second-order valence-corrected chi connectivity index (χ2v) is 8.37. The molecule has 0 amide bonds. The third kappa shape index (κ3) is 3.22. The predicted octanol–water partition coefficient (Wildman–Crippen LogP) is 7.42. The summed E-state index contributed by atoms with van der Waals surface area (Å²) in [6, 6.07) is 26.8. The first kappa shape index (κ1) is 18.0. The maximum atomic E-state index is 12.8. The maximum absolute atomic E-state index is 12.8. The van der Waals surface area contributed by atoms with Crippen molar-refractivity contribution in [1.29, 1.82) is 0 Å². The topological polar surface area (TPSA) is 38.3 Å². The zero-order chi connectivity index (χ0) is 19.8. The van der Waals surface area contributed by atoms with Gasteiger partial charge in [-0.25, -0.2) is 0 Å². The van der Waals surface area contributed by atoms with E-state index in [1.54, 1.807) is 0 Å². The average Bonchev–Trinajstić information content (AvgIpc) is 2.74. The van der Waals surface area contributed by atoms with Gasteiger partial charge in [0, 0.05) is 16.5 Å². The molecule has 1 atom stereocenters. The number of benzene rings is 5. The first-order valence-corrected chi connectivity index (χ1v) is 11.3. The van der Waals surface area contributed by atoms with E-state index < -0.39 is 8.18 Å². The summed E-state index contributed by atoms with van der Waals surface area (Å²) in [4.78, 5) is 0. The summed E-state index contributed by atoms with van der Waals surface area (Å²) in [6.45, 7) is 2.14. The van der Waals surface area contributed by atoms with Crippen LogP contribution in [0.5, 0.6) is 5.75 Å². The molecule has 5 aromatic carbocycles. The van der Waals surface area contributed by atoms with Gasteiger partial charge in [0.25, 0.3) is 0 Å². The summed E-state index contributed by atoms with van der Waals surface area (Å²) in [7, 11) is -2.50. The van der Waals surface area contributed by atoms with E-state index in [0.717, 1.165) is 34.9 Å². The molecule has 0 radical (unpaired) electrons. The van der Waals surface area contributed by atoms with Gasteiger partial charge in [0.15, 0.2) is 0 Å². The molecular formula is C25H22NO2P. The first-order valence-electron chi connectivity index (χ1n) is 9.98. The molecular weight excluding hydrogens is 377 g/mol. The highest BCUT2D eigenvalue weighted by Gasteiger charge is 2.13. The minimum absolute atomic E-state index is 0.653. The van der Waals surface area contributed by atoms with Crippen LogP contribution >= 0.6 is 8.18 Å². The van der Waals surface area contributed by atoms with Crippen molar-refractivity contribution in [1.82, 2.24) is 0 Å². The summed E-state index contributed by atoms with van der Waals surface area (Å²) in [5.41, 5.74) is 2.04. The summed E-state index contributed by atoms with van der Waals surface area (Å²) < 4.78 is 18.8. The fourth-order valence-corrected chi connectivity index (χ4v) is 5.06. The lowest BCUT2D eigenvalue weighted by molar-refractivity contribution is 0.512. The van der Waals surface area contributed by atoms with E-state index in [-0.39, 0.29) is 0 Å². The third-order valence-electron chi connectivity index (χ3n) is 5.46. The monoisotopic (exact) mass is 399 g/mol. The molecule has 1 N–H and O–H groups in total. The Morgan fingerprint density at radius 1 is 0.793 bits per heavy atom. The Morgan fingerprint density at radius 3 is 2.28 bits per heavy atom. The second-order valence-electron chi connectivity index (χ2n) is 7.34. The van der Waals surface area contributed by atoms with Gasteiger partial charge in [-0.3, -0.25) is 4.57 Å². The SMILES string of the molecule is CCCc1ccccc1N[PH](=O)Oc1ccc2ccc3cccc4ccc1c2c34. The Morgan fingerprint density at radius 2 is 1.48 bits per heavy atom. The molecule has 29 heavy (non-hydrogen) atoms. The van der Waals surface area contributed by atoms with Gasteiger partial charge in [-0.2, -0.15) is 0 Å². The fourth-order valence-electron chi connectivity index (χ4n) is 4.16. The van der Waals surface area contributed by atoms with Gasteiger partial charge in [-0.05, 0) is 51.7 Å². The molecule has 0 spiro atoms. The molecule has 0 saturated carbocycles. The van der Waals surface area contributed by atoms with Crippen LogP contribution in [0.1, 0.15) is 18.9 Å². The number of rotatable bonds is 6. The van der Waals surface area contributed by atoms with Gasteiger partial charge in [0.05, 0.1) is 0 Å². The molecule has 144 valence electrons. The molecule has 5 rings (SSSR count). The predicted molar refractivity (Wildman–Crippen MR) is 124 cm³/mol. The number of hydrogen-bond acceptors (Lipinski definition) is 2. The van der Waals surface area contributed by atoms with Crippen molar-refractivity contribution in [2.24, 2.45) is 0 Å². The van der Waals surface area contributed by atoms with E-state index in [0.29, 0.717) is 5.75 Å². The lowest BCUT2D eigenvalue weighted by Crippen LogP contribution is -1.97. The fraction of sp³-hybridized carbons (Fsp3) is 0.120. The molecule has 5 aromatic rings. The van der Waals surface area contributed by atoms with Crippen LogP contribution < -0.4 is 9.61 Å². The van der Waals surface area contributed by atoms with Gasteiger partial charge < -0.3 is 9.61 Å². The molecule has 0 bridgehead atoms. The maximum Gasteiger partial charge on any atom is 0.329 e. The molecule has 0 aliphatic carbocycles. The zero-order valence-electron chi connectivity index (χ0n) is 16.2. The standard InChI is InChI=1S/C25H22NO2P/c1-2-6-17-7-3-4-10-22(17)26-29(27)28-23-16-14-20-12-11-18-8-5-9-19-13-15-21(23)25(20)24(18)19/h3-5,7-16,29H,2,6H2,1H3,(H,26,27). The van der Waals surface area contributed by atoms with Crippen LogP contribution in [0.25, 0.3) is 32.3 Å². The van der Waals surface area contributed by atoms with Crippen LogP contribution in [0, 0.1) is 0 Å². The van der Waals surface area contributed by atoms with Crippen LogP contribution in [0.2, 0.25) is 0 Å². The highest BCUT2D eigenvalue weighted by Crippen LogP contribution is 2.41. The van der Waals surface area contributed by atoms with Gasteiger partial charge in [-0.15, -0.1) is 0 Å². The number of nitrogens with one attached hydrogen (secondary N) is 1. The van der Waals surface area contributed by atoms with Gasteiger partial charge in [0.1, 0.15) is 5.75 Å². The molecule has 0 heterocycles. The lowest BCUT2D eigenvalue weighted by Gasteiger charge is -2.16. The average molecular weight is 399 g/mol. The lowest BCUT2D eigenvalue weighted by atomic mass is 9.94. The Kier molecular flexibility index (Phi) is 4.61. The summed E-state index contributed by atoms with van der Waals surface area (Å²) >= 11 is 0. The van der Waals surface area contributed by atoms with E-state index in [1.165, 1.54) is 21.5 Å². The molecule has 3 nitrogen and oxygen atoms in total. The molecule has 0 saturated heterocycles. The van der Waals surface area contributed by atoms with Crippen molar-refractivity contribution in [2.75, 3.05) is 5.09 Å². The quantitative estimate of drug-likeness (QED) is 0.238. The van der Waals surface area contributed by atoms with Crippen LogP contribution in [-0.4, -0.2) is 0 Å². The first-order chi connectivity index (χ1) is 14.2. The van der Waals surface area contributed by atoms with E-state index in [1.807, 2.05) is 30.3 Å². The zero-order valence-corrected chi connectivity index (χ0v) is 17.2. The van der Waals surface area contributed by atoms with Crippen LogP contribution in [0.4, 0.5) is 5.69 Å². The summed E-state index contributed by atoms with van der Waals surface area (Å²) in [5.74, 6) is 0.653. The number of hydrogen-bond donors (Lipinski definition) is 1. The molecule has 0 aliphatic rings. The Labute approximate surface area is 170 Å². The van der Waals surface area contributed by atoms with Gasteiger partial charge in [0.2, 0.25) is 0 Å². The third-order valence-corrected chi connectivity index (χ3v) is 6.34. The molecule has 1 unspecified atom stereocenters. The number of aryl methyl sites for hydroxylation is 1. The Balaban J connectivity index is 1.53. The summed E-state index contributed by atoms with van der Waals surface area (Å²) in [5, 5.41) is 10.1. The number of anilines is 1. The van der Waals surface area contributed by atoms with Gasteiger partial charge in [-0.1, -0.05) is 74.0 Å². The Bertz CT molecular complexity index is 1330. The molecule has 4 heteroatoms. The van der Waals surface area contributed by atoms with E-state index in [4.69, 9.17) is 4.52 Å². The normalized spacial score (nSPS) is 12.6. The van der Waals surface area contributed by atoms with E-state index in [9.17, 15) is 4.57 Å². The highest BCUT2D eigenvalue weighted by molar-refractivity contribution is 7.41. The van der Waals surface area contributed by atoms with Crippen molar-refractivity contribution in [3.63, 3.8) is 0 Å². The Hall–Kier alpha value is -3.03. The van der Waals surface area contributed by atoms with Crippen molar-refractivity contribution >= 4 is 46.2 Å². The van der Waals surface area contributed by atoms with Crippen molar-refractivity contribution < 1.29 is 9.09 Å². The minimum Gasteiger partial charge on any atom is -0.430 e. The van der Waals surface area contributed by atoms with Crippen molar-refractivity contribution in [3.05, 3.63) is 84.4 Å². The minimum atomic E-state index is -2.50.